The number of amides is 1. The number of carbonyl (C=O) groups is 2. The second-order valence-corrected chi connectivity index (χ2v) is 6.84. The number of likely N-dealkylation sites (tertiary alicyclic amines) is 1. The average molecular weight is 363 g/mol. The standard InChI is InChI=1S/C20H29NO5/c1-4-10-25-17-6-5-8-21(9-7-17)20(24)16-11-14(2)19(15(3)12-16)26-13-18(22)23/h11-12,17H,4-10,13H2,1-3H3,(H,22,23). The molecule has 1 aliphatic rings. The third-order valence-corrected chi connectivity index (χ3v) is 4.57. The maximum atomic E-state index is 12.9. The Bertz CT molecular complexity index is 620. The Morgan fingerprint density at radius 3 is 2.50 bits per heavy atom. The summed E-state index contributed by atoms with van der Waals surface area (Å²) >= 11 is 0. The molecule has 1 N–H and O–H groups in total. The number of carboxylic acid groups (broad SMARTS) is 1. The SMILES string of the molecule is CCCOC1CCCN(C(=O)c2cc(C)c(OCC(=O)O)c(C)c2)CC1. The van der Waals surface area contributed by atoms with E-state index < -0.39 is 5.97 Å². The lowest BCUT2D eigenvalue weighted by atomic mass is 10.0. The van der Waals surface area contributed by atoms with E-state index in [9.17, 15) is 9.59 Å². The van der Waals surface area contributed by atoms with Crippen LogP contribution in [-0.4, -0.2) is 54.3 Å². The van der Waals surface area contributed by atoms with Gasteiger partial charge in [-0.15, -0.1) is 0 Å². The van der Waals surface area contributed by atoms with E-state index in [0.717, 1.165) is 50.0 Å². The number of carbonyl (C=O) groups excluding carboxylic acids is 1. The van der Waals surface area contributed by atoms with Gasteiger partial charge in [0.2, 0.25) is 0 Å². The average Bonchev–Trinajstić information content (AvgIpc) is 2.83. The van der Waals surface area contributed by atoms with Gasteiger partial charge in [0, 0.05) is 25.3 Å². The van der Waals surface area contributed by atoms with Crippen molar-refractivity contribution in [2.24, 2.45) is 0 Å². The molecule has 1 heterocycles. The molecular formula is C20H29NO5. The molecule has 1 unspecified atom stereocenters. The number of aryl methyl sites for hydroxylation is 2. The summed E-state index contributed by atoms with van der Waals surface area (Å²) in [5.74, 6) is -0.474. The van der Waals surface area contributed by atoms with Gasteiger partial charge in [-0.1, -0.05) is 6.92 Å². The minimum absolute atomic E-state index is 0.0112. The second-order valence-electron chi connectivity index (χ2n) is 6.84. The molecule has 0 aliphatic carbocycles. The van der Waals surface area contributed by atoms with E-state index in [1.54, 1.807) is 12.1 Å². The molecule has 1 aromatic carbocycles. The third kappa shape index (κ3) is 5.46. The van der Waals surface area contributed by atoms with E-state index in [-0.39, 0.29) is 18.6 Å². The Labute approximate surface area is 155 Å². The summed E-state index contributed by atoms with van der Waals surface area (Å²) in [6.45, 7) is 7.58. The van der Waals surface area contributed by atoms with Gasteiger partial charge >= 0.3 is 5.97 Å². The molecule has 0 aromatic heterocycles. The lowest BCUT2D eigenvalue weighted by Gasteiger charge is -2.22. The van der Waals surface area contributed by atoms with Crippen molar-refractivity contribution >= 4 is 11.9 Å². The predicted octanol–water partition coefficient (Wildman–Crippen LogP) is 3.19. The highest BCUT2D eigenvalue weighted by Crippen LogP contribution is 2.26. The number of benzene rings is 1. The van der Waals surface area contributed by atoms with Crippen LogP contribution < -0.4 is 4.74 Å². The van der Waals surface area contributed by atoms with E-state index >= 15 is 0 Å². The summed E-state index contributed by atoms with van der Waals surface area (Å²) in [6, 6.07) is 3.56. The van der Waals surface area contributed by atoms with Gasteiger partial charge in [0.15, 0.2) is 6.61 Å². The minimum Gasteiger partial charge on any atom is -0.481 e. The fourth-order valence-electron chi connectivity index (χ4n) is 3.34. The molecule has 1 aliphatic heterocycles. The first-order chi connectivity index (χ1) is 12.4. The Morgan fingerprint density at radius 2 is 1.88 bits per heavy atom. The molecule has 0 radical (unpaired) electrons. The first-order valence-corrected chi connectivity index (χ1v) is 9.29. The number of nitrogens with zero attached hydrogens (tertiary/aromatic N) is 1. The zero-order chi connectivity index (χ0) is 19.1. The highest BCUT2D eigenvalue weighted by molar-refractivity contribution is 5.95. The van der Waals surface area contributed by atoms with E-state index in [4.69, 9.17) is 14.6 Å². The number of carboxylic acids is 1. The number of aliphatic carboxylic acids is 1. The molecule has 1 atom stereocenters. The Morgan fingerprint density at radius 1 is 1.19 bits per heavy atom. The summed E-state index contributed by atoms with van der Waals surface area (Å²) in [5.41, 5.74) is 2.16. The van der Waals surface area contributed by atoms with E-state index in [1.807, 2.05) is 18.7 Å². The summed E-state index contributed by atoms with van der Waals surface area (Å²) in [7, 11) is 0. The fraction of sp³-hybridized carbons (Fsp3) is 0.600. The molecule has 1 fully saturated rings. The number of hydrogen-bond acceptors (Lipinski definition) is 4. The monoisotopic (exact) mass is 363 g/mol. The zero-order valence-electron chi connectivity index (χ0n) is 15.9. The molecule has 144 valence electrons. The lowest BCUT2D eigenvalue weighted by molar-refractivity contribution is -0.139. The maximum absolute atomic E-state index is 12.9. The smallest absolute Gasteiger partial charge is 0.341 e. The van der Waals surface area contributed by atoms with Crippen LogP contribution in [0.5, 0.6) is 5.75 Å². The molecule has 1 aromatic rings. The van der Waals surface area contributed by atoms with Crippen molar-refractivity contribution in [1.29, 1.82) is 0 Å². The van der Waals surface area contributed by atoms with Crippen molar-refractivity contribution in [1.82, 2.24) is 4.90 Å². The summed E-state index contributed by atoms with van der Waals surface area (Å²) < 4.78 is 11.2. The molecule has 1 saturated heterocycles. The molecule has 0 spiro atoms. The number of ether oxygens (including phenoxy) is 2. The first kappa shape index (κ1) is 20.2. The molecule has 1 amide bonds. The molecule has 0 saturated carbocycles. The highest BCUT2D eigenvalue weighted by Gasteiger charge is 2.23. The summed E-state index contributed by atoms with van der Waals surface area (Å²) in [5, 5.41) is 8.78. The predicted molar refractivity (Wildman–Crippen MR) is 98.8 cm³/mol. The zero-order valence-corrected chi connectivity index (χ0v) is 15.9. The number of rotatable bonds is 7. The van der Waals surface area contributed by atoms with Crippen LogP contribution in [0.1, 0.15) is 54.1 Å². The quantitative estimate of drug-likeness (QED) is 0.805. The van der Waals surface area contributed by atoms with Crippen molar-refractivity contribution in [2.45, 2.75) is 52.6 Å². The minimum atomic E-state index is -1.02. The van der Waals surface area contributed by atoms with Gasteiger partial charge in [0.1, 0.15) is 5.75 Å². The molecular weight excluding hydrogens is 334 g/mol. The Kier molecular flexibility index (Phi) is 7.45. The molecule has 0 bridgehead atoms. The van der Waals surface area contributed by atoms with Crippen LogP contribution in [0.2, 0.25) is 0 Å². The molecule has 26 heavy (non-hydrogen) atoms. The summed E-state index contributed by atoms with van der Waals surface area (Å²) in [4.78, 5) is 25.5. The largest absolute Gasteiger partial charge is 0.481 e. The highest BCUT2D eigenvalue weighted by atomic mass is 16.5. The van der Waals surface area contributed by atoms with Crippen molar-refractivity contribution in [2.75, 3.05) is 26.3 Å². The van der Waals surface area contributed by atoms with Crippen LogP contribution in [0.25, 0.3) is 0 Å². The van der Waals surface area contributed by atoms with Crippen molar-refractivity contribution in [3.05, 3.63) is 28.8 Å². The van der Waals surface area contributed by atoms with Crippen molar-refractivity contribution < 1.29 is 24.2 Å². The van der Waals surface area contributed by atoms with Crippen LogP contribution in [0, 0.1) is 13.8 Å². The maximum Gasteiger partial charge on any atom is 0.341 e. The Balaban J connectivity index is 2.06. The first-order valence-electron chi connectivity index (χ1n) is 9.29. The van der Waals surface area contributed by atoms with Gasteiger partial charge in [0.05, 0.1) is 6.10 Å². The van der Waals surface area contributed by atoms with Gasteiger partial charge in [-0.3, -0.25) is 4.79 Å². The van der Waals surface area contributed by atoms with Crippen LogP contribution in [0.3, 0.4) is 0 Å². The van der Waals surface area contributed by atoms with Crippen LogP contribution in [0.4, 0.5) is 0 Å². The lowest BCUT2D eigenvalue weighted by Crippen LogP contribution is -2.32. The Hall–Kier alpha value is -2.08. The van der Waals surface area contributed by atoms with E-state index in [0.29, 0.717) is 17.9 Å². The van der Waals surface area contributed by atoms with Crippen molar-refractivity contribution in [3.8, 4) is 5.75 Å². The van der Waals surface area contributed by atoms with Crippen LogP contribution in [0.15, 0.2) is 12.1 Å². The van der Waals surface area contributed by atoms with Crippen molar-refractivity contribution in [3.63, 3.8) is 0 Å². The summed E-state index contributed by atoms with van der Waals surface area (Å²) in [6.07, 6.45) is 4.04. The second kappa shape index (κ2) is 9.57. The van der Waals surface area contributed by atoms with E-state index in [2.05, 4.69) is 6.92 Å². The van der Waals surface area contributed by atoms with Gasteiger partial charge in [-0.05, 0) is 62.8 Å². The van der Waals surface area contributed by atoms with Crippen LogP contribution in [-0.2, 0) is 9.53 Å². The van der Waals surface area contributed by atoms with Gasteiger partial charge < -0.3 is 19.5 Å². The fourth-order valence-corrected chi connectivity index (χ4v) is 3.34. The molecule has 2 rings (SSSR count). The van der Waals surface area contributed by atoms with Gasteiger partial charge in [-0.2, -0.15) is 0 Å². The van der Waals surface area contributed by atoms with Crippen LogP contribution >= 0.6 is 0 Å². The third-order valence-electron chi connectivity index (χ3n) is 4.57. The normalized spacial score (nSPS) is 17.7. The number of hydrogen-bond donors (Lipinski definition) is 1. The topological polar surface area (TPSA) is 76.1 Å². The molecule has 6 heteroatoms. The van der Waals surface area contributed by atoms with Gasteiger partial charge in [-0.25, -0.2) is 4.79 Å². The molecule has 6 nitrogen and oxygen atoms in total. The van der Waals surface area contributed by atoms with E-state index in [1.165, 1.54) is 0 Å². The van der Waals surface area contributed by atoms with Gasteiger partial charge in [0.25, 0.3) is 5.91 Å².